The molecule has 0 radical (unpaired) electrons. The van der Waals surface area contributed by atoms with E-state index in [9.17, 15) is 10.2 Å². The third-order valence-corrected chi connectivity index (χ3v) is 1.91. The molecule has 1 aromatic heterocycles. The second-order valence-corrected chi connectivity index (χ2v) is 3.93. The first kappa shape index (κ1) is 14.4. The van der Waals surface area contributed by atoms with E-state index in [4.69, 9.17) is 4.74 Å². The molecule has 0 fully saturated rings. The van der Waals surface area contributed by atoms with E-state index in [0.29, 0.717) is 25.0 Å². The molecular weight excluding hydrogens is 238 g/mol. The number of hydrogen-bond acceptors (Lipinski definition) is 8. The minimum atomic E-state index is -0.512. The number of nitrogens with zero attached hydrogens (tertiary/aromatic N) is 3. The van der Waals surface area contributed by atoms with Crippen molar-refractivity contribution in [1.29, 1.82) is 0 Å². The maximum Gasteiger partial charge on any atom is 0.322 e. The summed E-state index contributed by atoms with van der Waals surface area (Å²) in [7, 11) is 1.45. The van der Waals surface area contributed by atoms with Crippen LogP contribution in [0.15, 0.2) is 0 Å². The molecule has 0 unspecified atom stereocenters. The summed E-state index contributed by atoms with van der Waals surface area (Å²) in [5.41, 5.74) is 0. The first-order valence-corrected chi connectivity index (χ1v) is 5.65. The summed E-state index contributed by atoms with van der Waals surface area (Å²) in [5, 5.41) is 24.0. The molecule has 102 valence electrons. The van der Waals surface area contributed by atoms with Gasteiger partial charge >= 0.3 is 6.01 Å². The second kappa shape index (κ2) is 6.92. The molecule has 0 aliphatic carbocycles. The van der Waals surface area contributed by atoms with E-state index in [1.807, 2.05) is 0 Å². The van der Waals surface area contributed by atoms with Crippen molar-refractivity contribution >= 4 is 11.9 Å². The van der Waals surface area contributed by atoms with Crippen LogP contribution in [0.3, 0.4) is 0 Å². The SMILES string of the molecule is COc1nc(NC[C@H](C)O)nc(NC[C@@H](C)O)n1. The van der Waals surface area contributed by atoms with Crippen LogP contribution >= 0.6 is 0 Å². The zero-order valence-electron chi connectivity index (χ0n) is 10.7. The van der Waals surface area contributed by atoms with E-state index in [-0.39, 0.29) is 6.01 Å². The van der Waals surface area contributed by atoms with Gasteiger partial charge in [0.25, 0.3) is 0 Å². The van der Waals surface area contributed by atoms with Crippen LogP contribution in [0.1, 0.15) is 13.8 Å². The molecule has 2 atom stereocenters. The van der Waals surface area contributed by atoms with Crippen LogP contribution < -0.4 is 15.4 Å². The average Bonchev–Trinajstić information content (AvgIpc) is 2.33. The predicted octanol–water partition coefficient (Wildman–Crippen LogP) is -0.534. The molecule has 0 saturated heterocycles. The molecule has 0 aromatic carbocycles. The monoisotopic (exact) mass is 257 g/mol. The highest BCUT2D eigenvalue weighted by Gasteiger charge is 2.07. The Kier molecular flexibility index (Phi) is 5.53. The number of methoxy groups -OCH3 is 1. The molecular formula is C10H19N5O3. The van der Waals surface area contributed by atoms with Gasteiger partial charge < -0.3 is 25.6 Å². The topological polar surface area (TPSA) is 112 Å². The molecule has 0 spiro atoms. The number of rotatable bonds is 7. The second-order valence-electron chi connectivity index (χ2n) is 3.93. The number of anilines is 2. The Morgan fingerprint density at radius 3 is 1.78 bits per heavy atom. The number of ether oxygens (including phenoxy) is 1. The van der Waals surface area contributed by atoms with Crippen LogP contribution in [-0.4, -0.2) is 57.6 Å². The summed E-state index contributed by atoms with van der Waals surface area (Å²) >= 11 is 0. The van der Waals surface area contributed by atoms with Gasteiger partial charge in [0.2, 0.25) is 11.9 Å². The van der Waals surface area contributed by atoms with Gasteiger partial charge in [-0.05, 0) is 13.8 Å². The quantitative estimate of drug-likeness (QED) is 0.515. The van der Waals surface area contributed by atoms with Crippen molar-refractivity contribution < 1.29 is 14.9 Å². The van der Waals surface area contributed by atoms with Crippen molar-refractivity contribution in [2.24, 2.45) is 0 Å². The maximum atomic E-state index is 9.17. The third-order valence-electron chi connectivity index (χ3n) is 1.91. The van der Waals surface area contributed by atoms with Gasteiger partial charge in [-0.2, -0.15) is 15.0 Å². The molecule has 0 aliphatic rings. The lowest BCUT2D eigenvalue weighted by atomic mass is 10.4. The Labute approximate surface area is 105 Å². The molecule has 1 heterocycles. The summed E-state index contributed by atoms with van der Waals surface area (Å²) < 4.78 is 4.94. The molecule has 18 heavy (non-hydrogen) atoms. The molecule has 1 rings (SSSR count). The van der Waals surface area contributed by atoms with E-state index in [0.717, 1.165) is 0 Å². The standard InChI is InChI=1S/C10H19N5O3/c1-6(16)4-11-8-13-9(12-5-7(2)17)15-10(14-8)18-3/h6-7,16-17H,4-5H2,1-3H3,(H2,11,12,13,14,15)/t6-,7+. The minimum Gasteiger partial charge on any atom is -0.467 e. The van der Waals surface area contributed by atoms with Crippen LogP contribution in [0.4, 0.5) is 11.9 Å². The van der Waals surface area contributed by atoms with Gasteiger partial charge in [0.15, 0.2) is 0 Å². The van der Waals surface area contributed by atoms with Gasteiger partial charge in [0, 0.05) is 13.1 Å². The first-order chi connectivity index (χ1) is 8.51. The van der Waals surface area contributed by atoms with Gasteiger partial charge in [0.05, 0.1) is 19.3 Å². The largest absolute Gasteiger partial charge is 0.467 e. The van der Waals surface area contributed by atoms with Crippen molar-refractivity contribution in [2.45, 2.75) is 26.1 Å². The number of nitrogens with one attached hydrogen (secondary N) is 2. The van der Waals surface area contributed by atoms with E-state index in [1.54, 1.807) is 13.8 Å². The Balaban J connectivity index is 2.74. The van der Waals surface area contributed by atoms with Crippen molar-refractivity contribution in [3.8, 4) is 6.01 Å². The normalized spacial score (nSPS) is 13.8. The zero-order chi connectivity index (χ0) is 13.5. The van der Waals surface area contributed by atoms with Crippen LogP contribution in [0.25, 0.3) is 0 Å². The predicted molar refractivity (Wildman–Crippen MR) is 66.7 cm³/mol. The van der Waals surface area contributed by atoms with E-state index < -0.39 is 12.2 Å². The fourth-order valence-corrected chi connectivity index (χ4v) is 1.08. The molecule has 0 bridgehead atoms. The van der Waals surface area contributed by atoms with Crippen LogP contribution in [0, 0.1) is 0 Å². The molecule has 1 aromatic rings. The lowest BCUT2D eigenvalue weighted by Crippen LogP contribution is -2.20. The highest BCUT2D eigenvalue weighted by molar-refractivity contribution is 5.35. The molecule has 8 heteroatoms. The van der Waals surface area contributed by atoms with Gasteiger partial charge in [0.1, 0.15) is 0 Å². The summed E-state index contributed by atoms with van der Waals surface area (Å²) in [4.78, 5) is 12.0. The van der Waals surface area contributed by atoms with Crippen LogP contribution in [0.5, 0.6) is 6.01 Å². The average molecular weight is 257 g/mol. The van der Waals surface area contributed by atoms with Gasteiger partial charge in [-0.3, -0.25) is 0 Å². The van der Waals surface area contributed by atoms with Crippen LogP contribution in [0.2, 0.25) is 0 Å². The molecule has 4 N–H and O–H groups in total. The van der Waals surface area contributed by atoms with Gasteiger partial charge in [-0.25, -0.2) is 0 Å². The first-order valence-electron chi connectivity index (χ1n) is 5.65. The van der Waals surface area contributed by atoms with Gasteiger partial charge in [-0.15, -0.1) is 0 Å². The Bertz CT molecular complexity index is 342. The Hall–Kier alpha value is -1.67. The molecule has 0 saturated carbocycles. The maximum absolute atomic E-state index is 9.17. The highest BCUT2D eigenvalue weighted by Crippen LogP contribution is 2.10. The van der Waals surface area contributed by atoms with E-state index in [1.165, 1.54) is 7.11 Å². The third kappa shape index (κ3) is 5.11. The molecule has 0 aliphatic heterocycles. The smallest absolute Gasteiger partial charge is 0.322 e. The number of hydrogen-bond donors (Lipinski definition) is 4. The van der Waals surface area contributed by atoms with E-state index >= 15 is 0 Å². The summed E-state index contributed by atoms with van der Waals surface area (Å²) in [6.45, 7) is 3.95. The zero-order valence-corrected chi connectivity index (χ0v) is 10.7. The van der Waals surface area contributed by atoms with Crippen molar-refractivity contribution in [2.75, 3.05) is 30.8 Å². The fourth-order valence-electron chi connectivity index (χ4n) is 1.08. The lowest BCUT2D eigenvalue weighted by molar-refractivity contribution is 0.208. The number of aliphatic hydroxyl groups excluding tert-OH is 2. The summed E-state index contributed by atoms with van der Waals surface area (Å²) in [6.07, 6.45) is -1.02. The van der Waals surface area contributed by atoms with Crippen LogP contribution in [-0.2, 0) is 0 Å². The fraction of sp³-hybridized carbons (Fsp3) is 0.700. The minimum absolute atomic E-state index is 0.159. The summed E-state index contributed by atoms with van der Waals surface area (Å²) in [6, 6.07) is 0.159. The lowest BCUT2D eigenvalue weighted by Gasteiger charge is -2.11. The Morgan fingerprint density at radius 2 is 1.44 bits per heavy atom. The summed E-state index contributed by atoms with van der Waals surface area (Å²) in [5.74, 6) is 0.603. The molecule has 0 amide bonds. The Morgan fingerprint density at radius 1 is 1.00 bits per heavy atom. The van der Waals surface area contributed by atoms with Crippen molar-refractivity contribution in [1.82, 2.24) is 15.0 Å². The van der Waals surface area contributed by atoms with Gasteiger partial charge in [-0.1, -0.05) is 0 Å². The number of aliphatic hydroxyl groups is 2. The number of aromatic nitrogens is 3. The van der Waals surface area contributed by atoms with Crippen molar-refractivity contribution in [3.63, 3.8) is 0 Å². The molecule has 8 nitrogen and oxygen atoms in total. The van der Waals surface area contributed by atoms with E-state index in [2.05, 4.69) is 25.6 Å². The van der Waals surface area contributed by atoms with Crippen molar-refractivity contribution in [3.05, 3.63) is 0 Å². The highest BCUT2D eigenvalue weighted by atomic mass is 16.5.